The van der Waals surface area contributed by atoms with Crippen LogP contribution in [0.25, 0.3) is 10.9 Å². The van der Waals surface area contributed by atoms with Crippen LogP contribution in [0.5, 0.6) is 5.75 Å². The van der Waals surface area contributed by atoms with Gasteiger partial charge in [-0.3, -0.25) is 4.79 Å². The Hall–Kier alpha value is -1.72. The number of nitrogens with zero attached hydrogens (tertiary/aromatic N) is 1. The normalized spacial score (nSPS) is 14.8. The Balaban J connectivity index is 0.00000161. The number of ether oxygens (including phenoxy) is 1. The second-order valence-electron chi connectivity index (χ2n) is 5.03. The van der Waals surface area contributed by atoms with Crippen LogP contribution in [0.15, 0.2) is 24.4 Å². The van der Waals surface area contributed by atoms with Crippen LogP contribution in [0, 0.1) is 0 Å². The minimum absolute atomic E-state index is 0. The quantitative estimate of drug-likeness (QED) is 0.905. The number of piperazine rings is 1. The van der Waals surface area contributed by atoms with Crippen LogP contribution in [0.3, 0.4) is 0 Å². The number of benzene rings is 1. The molecule has 6 heteroatoms. The van der Waals surface area contributed by atoms with Crippen molar-refractivity contribution in [2.24, 2.45) is 0 Å². The first kappa shape index (κ1) is 15.7. The van der Waals surface area contributed by atoms with Crippen molar-refractivity contribution in [2.75, 3.05) is 33.3 Å². The Morgan fingerprint density at radius 1 is 1.33 bits per heavy atom. The van der Waals surface area contributed by atoms with E-state index in [2.05, 4.69) is 10.3 Å². The second kappa shape index (κ2) is 6.83. The molecule has 0 radical (unpaired) electrons. The van der Waals surface area contributed by atoms with Crippen molar-refractivity contribution < 1.29 is 9.53 Å². The zero-order valence-electron chi connectivity index (χ0n) is 12.0. The van der Waals surface area contributed by atoms with Crippen molar-refractivity contribution >= 4 is 29.2 Å². The van der Waals surface area contributed by atoms with Gasteiger partial charge in [0.25, 0.3) is 0 Å². The third-order valence-corrected chi connectivity index (χ3v) is 3.79. The monoisotopic (exact) mass is 309 g/mol. The number of aromatic amines is 1. The van der Waals surface area contributed by atoms with Gasteiger partial charge in [0.2, 0.25) is 5.91 Å². The molecule has 0 spiro atoms. The smallest absolute Gasteiger partial charge is 0.227 e. The number of H-pyrrole nitrogens is 1. The summed E-state index contributed by atoms with van der Waals surface area (Å²) in [6.45, 7) is 3.36. The lowest BCUT2D eigenvalue weighted by Crippen LogP contribution is -2.46. The number of hydrogen-bond acceptors (Lipinski definition) is 3. The molecule has 0 atom stereocenters. The third-order valence-electron chi connectivity index (χ3n) is 3.79. The molecular formula is C15H20ClN3O2. The van der Waals surface area contributed by atoms with E-state index in [9.17, 15) is 4.79 Å². The van der Waals surface area contributed by atoms with Gasteiger partial charge in [-0.2, -0.15) is 0 Å². The maximum Gasteiger partial charge on any atom is 0.227 e. The highest BCUT2D eigenvalue weighted by Gasteiger charge is 2.18. The minimum Gasteiger partial charge on any atom is -0.497 e. The summed E-state index contributed by atoms with van der Waals surface area (Å²) in [6.07, 6.45) is 2.36. The largest absolute Gasteiger partial charge is 0.497 e. The van der Waals surface area contributed by atoms with E-state index >= 15 is 0 Å². The number of aromatic nitrogens is 1. The van der Waals surface area contributed by atoms with E-state index < -0.39 is 0 Å². The lowest BCUT2D eigenvalue weighted by molar-refractivity contribution is -0.131. The Kier molecular flexibility index (Phi) is 5.09. The number of hydrogen-bond donors (Lipinski definition) is 2. The van der Waals surface area contributed by atoms with E-state index in [1.54, 1.807) is 7.11 Å². The van der Waals surface area contributed by atoms with E-state index in [4.69, 9.17) is 4.74 Å². The van der Waals surface area contributed by atoms with Crippen molar-refractivity contribution in [1.29, 1.82) is 0 Å². The fraction of sp³-hybridized carbons (Fsp3) is 0.400. The maximum atomic E-state index is 12.3. The van der Waals surface area contributed by atoms with Gasteiger partial charge in [-0.1, -0.05) is 0 Å². The molecule has 1 amide bonds. The molecule has 1 aliphatic rings. The molecule has 3 rings (SSSR count). The van der Waals surface area contributed by atoms with Gasteiger partial charge in [-0.15, -0.1) is 12.4 Å². The molecule has 114 valence electrons. The molecule has 0 unspecified atom stereocenters. The summed E-state index contributed by atoms with van der Waals surface area (Å²) in [7, 11) is 1.65. The summed E-state index contributed by atoms with van der Waals surface area (Å²) in [6, 6.07) is 5.87. The number of methoxy groups -OCH3 is 1. The Bertz CT molecular complexity index is 620. The standard InChI is InChI=1S/C15H19N3O2.ClH/c1-20-12-2-3-14-13(9-12)11(10-17-14)8-15(19)18-6-4-16-5-7-18;/h2-3,9-10,16-17H,4-8H2,1H3;1H. The topological polar surface area (TPSA) is 57.4 Å². The fourth-order valence-electron chi connectivity index (χ4n) is 2.62. The van der Waals surface area contributed by atoms with Crippen LogP contribution in [0.2, 0.25) is 0 Å². The first-order valence-electron chi connectivity index (χ1n) is 6.90. The Morgan fingerprint density at radius 3 is 2.81 bits per heavy atom. The molecule has 2 heterocycles. The predicted molar refractivity (Wildman–Crippen MR) is 85.3 cm³/mol. The van der Waals surface area contributed by atoms with Gasteiger partial charge in [-0.05, 0) is 23.8 Å². The van der Waals surface area contributed by atoms with Crippen LogP contribution in [-0.4, -0.2) is 49.1 Å². The summed E-state index contributed by atoms with van der Waals surface area (Å²) in [5.41, 5.74) is 2.07. The van der Waals surface area contributed by atoms with Gasteiger partial charge in [0.15, 0.2) is 0 Å². The van der Waals surface area contributed by atoms with Gasteiger partial charge >= 0.3 is 0 Å². The molecule has 2 N–H and O–H groups in total. The van der Waals surface area contributed by atoms with Crippen LogP contribution >= 0.6 is 12.4 Å². The molecule has 1 saturated heterocycles. The van der Waals surface area contributed by atoms with Crippen molar-refractivity contribution in [1.82, 2.24) is 15.2 Å². The molecular weight excluding hydrogens is 290 g/mol. The highest BCUT2D eigenvalue weighted by atomic mass is 35.5. The molecule has 2 aromatic rings. The summed E-state index contributed by atoms with van der Waals surface area (Å²) in [4.78, 5) is 17.5. The summed E-state index contributed by atoms with van der Waals surface area (Å²) >= 11 is 0. The predicted octanol–water partition coefficient (Wildman–Crippen LogP) is 1.57. The van der Waals surface area contributed by atoms with Crippen molar-refractivity contribution in [3.8, 4) is 5.75 Å². The lowest BCUT2D eigenvalue weighted by Gasteiger charge is -2.27. The van der Waals surface area contributed by atoms with Gasteiger partial charge in [0.05, 0.1) is 13.5 Å². The van der Waals surface area contributed by atoms with Crippen molar-refractivity contribution in [2.45, 2.75) is 6.42 Å². The third kappa shape index (κ3) is 3.31. The number of amides is 1. The van der Waals surface area contributed by atoms with Crippen LogP contribution in [0.4, 0.5) is 0 Å². The first-order valence-corrected chi connectivity index (χ1v) is 6.90. The molecule has 1 aromatic heterocycles. The van der Waals surface area contributed by atoms with Crippen LogP contribution in [-0.2, 0) is 11.2 Å². The molecule has 1 aromatic carbocycles. The van der Waals surface area contributed by atoms with Gasteiger partial charge in [0.1, 0.15) is 5.75 Å². The number of halogens is 1. The minimum atomic E-state index is 0. The van der Waals surface area contributed by atoms with Gasteiger partial charge in [0, 0.05) is 43.3 Å². The number of fused-ring (bicyclic) bond motifs is 1. The first-order chi connectivity index (χ1) is 9.78. The van der Waals surface area contributed by atoms with Crippen LogP contribution < -0.4 is 10.1 Å². The lowest BCUT2D eigenvalue weighted by atomic mass is 10.1. The maximum absolute atomic E-state index is 12.3. The Labute approximate surface area is 130 Å². The van der Waals surface area contributed by atoms with E-state index in [-0.39, 0.29) is 18.3 Å². The van der Waals surface area contributed by atoms with Gasteiger partial charge < -0.3 is 19.9 Å². The molecule has 0 saturated carbocycles. The number of carbonyl (C=O) groups is 1. The average Bonchev–Trinajstić information content (AvgIpc) is 2.90. The van der Waals surface area contributed by atoms with E-state index in [1.165, 1.54) is 0 Å². The van der Waals surface area contributed by atoms with E-state index in [1.807, 2.05) is 29.3 Å². The summed E-state index contributed by atoms with van der Waals surface area (Å²) in [5.74, 6) is 1.00. The molecule has 5 nitrogen and oxygen atoms in total. The number of rotatable bonds is 3. The molecule has 21 heavy (non-hydrogen) atoms. The highest BCUT2D eigenvalue weighted by molar-refractivity contribution is 5.89. The molecule has 1 fully saturated rings. The molecule has 1 aliphatic heterocycles. The van der Waals surface area contributed by atoms with Gasteiger partial charge in [-0.25, -0.2) is 0 Å². The second-order valence-corrected chi connectivity index (χ2v) is 5.03. The SMILES string of the molecule is COc1ccc2[nH]cc(CC(=O)N3CCNCC3)c2c1.Cl. The van der Waals surface area contributed by atoms with Crippen molar-refractivity contribution in [3.63, 3.8) is 0 Å². The zero-order valence-corrected chi connectivity index (χ0v) is 12.8. The zero-order chi connectivity index (χ0) is 13.9. The van der Waals surface area contributed by atoms with E-state index in [0.717, 1.165) is 48.4 Å². The number of carbonyl (C=O) groups excluding carboxylic acids is 1. The average molecular weight is 310 g/mol. The van der Waals surface area contributed by atoms with Crippen molar-refractivity contribution in [3.05, 3.63) is 30.0 Å². The Morgan fingerprint density at radius 2 is 2.10 bits per heavy atom. The van der Waals surface area contributed by atoms with Crippen LogP contribution in [0.1, 0.15) is 5.56 Å². The summed E-state index contributed by atoms with van der Waals surface area (Å²) in [5, 5.41) is 4.32. The van der Waals surface area contributed by atoms with E-state index in [0.29, 0.717) is 6.42 Å². The fourth-order valence-corrected chi connectivity index (χ4v) is 2.62. The highest BCUT2D eigenvalue weighted by Crippen LogP contribution is 2.24. The molecule has 0 bridgehead atoms. The summed E-state index contributed by atoms with van der Waals surface area (Å²) < 4.78 is 5.25. The number of nitrogens with one attached hydrogen (secondary N) is 2. The molecule has 0 aliphatic carbocycles.